The van der Waals surface area contributed by atoms with E-state index >= 15 is 0 Å². The molecule has 0 aliphatic heterocycles. The summed E-state index contributed by atoms with van der Waals surface area (Å²) >= 11 is 0. The van der Waals surface area contributed by atoms with Crippen molar-refractivity contribution in [2.75, 3.05) is 12.4 Å². The number of nitrogens with one attached hydrogen (secondary N) is 1. The summed E-state index contributed by atoms with van der Waals surface area (Å²) in [5, 5.41) is 2.80. The molecule has 0 aliphatic carbocycles. The quantitative estimate of drug-likeness (QED) is 0.683. The van der Waals surface area contributed by atoms with Gasteiger partial charge in [0.25, 0.3) is 0 Å². The van der Waals surface area contributed by atoms with E-state index in [-0.39, 0.29) is 16.8 Å². The molecule has 0 radical (unpaired) electrons. The second kappa shape index (κ2) is 6.48. The first-order valence-electron chi connectivity index (χ1n) is 6.31. The zero-order valence-electron chi connectivity index (χ0n) is 11.2. The molecule has 0 spiro atoms. The maximum atomic E-state index is 12.1. The zero-order chi connectivity index (χ0) is 14.4. The number of carbonyl (C=O) groups is 1. The Labute approximate surface area is 117 Å². The van der Waals surface area contributed by atoms with Gasteiger partial charge in [-0.2, -0.15) is 0 Å². The minimum atomic E-state index is -0.299. The third-order valence-corrected chi connectivity index (χ3v) is 2.89. The molecule has 3 heteroatoms. The molecule has 0 atom stereocenters. The van der Waals surface area contributed by atoms with Gasteiger partial charge in [0.2, 0.25) is 5.43 Å². The van der Waals surface area contributed by atoms with Crippen LogP contribution >= 0.6 is 0 Å². The van der Waals surface area contributed by atoms with E-state index in [0.717, 1.165) is 5.56 Å². The second-order valence-corrected chi connectivity index (χ2v) is 4.23. The van der Waals surface area contributed by atoms with Gasteiger partial charge in [-0.05, 0) is 23.8 Å². The minimum absolute atomic E-state index is 0.159. The van der Waals surface area contributed by atoms with Crippen LogP contribution in [0, 0.1) is 0 Å². The van der Waals surface area contributed by atoms with E-state index in [1.165, 1.54) is 6.08 Å². The number of rotatable bonds is 4. The monoisotopic (exact) mass is 265 g/mol. The van der Waals surface area contributed by atoms with E-state index in [4.69, 9.17) is 0 Å². The number of allylic oxidation sites excluding steroid dienone is 1. The molecule has 20 heavy (non-hydrogen) atoms. The molecular formula is C17H15NO2. The molecule has 0 heterocycles. The van der Waals surface area contributed by atoms with E-state index in [0.29, 0.717) is 5.69 Å². The number of carbonyl (C=O) groups excluding carboxylic acids is 1. The van der Waals surface area contributed by atoms with Crippen molar-refractivity contribution in [3.8, 4) is 0 Å². The first-order chi connectivity index (χ1) is 9.72. The van der Waals surface area contributed by atoms with Crippen LogP contribution in [-0.4, -0.2) is 12.8 Å². The zero-order valence-corrected chi connectivity index (χ0v) is 11.2. The molecule has 1 N–H and O–H groups in total. The van der Waals surface area contributed by atoms with Gasteiger partial charge < -0.3 is 5.32 Å². The van der Waals surface area contributed by atoms with Gasteiger partial charge >= 0.3 is 0 Å². The number of hydrogen-bond donors (Lipinski definition) is 1. The van der Waals surface area contributed by atoms with Crippen molar-refractivity contribution in [1.82, 2.24) is 0 Å². The van der Waals surface area contributed by atoms with Crippen LogP contribution in [0.15, 0.2) is 65.5 Å². The van der Waals surface area contributed by atoms with Crippen LogP contribution < -0.4 is 10.7 Å². The largest absolute Gasteiger partial charge is 0.385 e. The molecule has 0 aliphatic rings. The molecule has 0 amide bonds. The third-order valence-electron chi connectivity index (χ3n) is 2.89. The summed E-state index contributed by atoms with van der Waals surface area (Å²) in [6.45, 7) is 0. The molecule has 100 valence electrons. The van der Waals surface area contributed by atoms with Gasteiger partial charge in [0.1, 0.15) is 0 Å². The van der Waals surface area contributed by atoms with Gasteiger partial charge in [-0.3, -0.25) is 9.59 Å². The molecule has 3 nitrogen and oxygen atoms in total. The summed E-state index contributed by atoms with van der Waals surface area (Å²) in [4.78, 5) is 24.3. The lowest BCUT2D eigenvalue weighted by molar-refractivity contribution is 0.104. The standard InChI is InChI=1S/C17H15NO2/c1-18-15-10-6-5-9-14(17(15)20)16(19)12-11-13-7-3-2-4-8-13/h2-12H,1H3,(H,18,20)/b12-11+. The van der Waals surface area contributed by atoms with Gasteiger partial charge in [-0.25, -0.2) is 0 Å². The van der Waals surface area contributed by atoms with Crippen molar-refractivity contribution in [3.63, 3.8) is 0 Å². The maximum Gasteiger partial charge on any atom is 0.212 e. The second-order valence-electron chi connectivity index (χ2n) is 4.23. The molecule has 2 rings (SSSR count). The topological polar surface area (TPSA) is 46.2 Å². The van der Waals surface area contributed by atoms with Crippen LogP contribution in [0.2, 0.25) is 0 Å². The van der Waals surface area contributed by atoms with Gasteiger partial charge in [-0.15, -0.1) is 0 Å². The minimum Gasteiger partial charge on any atom is -0.385 e. The molecule has 0 saturated heterocycles. The fourth-order valence-electron chi connectivity index (χ4n) is 1.82. The lowest BCUT2D eigenvalue weighted by Gasteiger charge is -1.96. The van der Waals surface area contributed by atoms with Crippen LogP contribution in [0.4, 0.5) is 5.69 Å². The highest BCUT2D eigenvalue weighted by atomic mass is 16.1. The number of benzene rings is 1. The molecule has 0 fully saturated rings. The number of ketones is 1. The van der Waals surface area contributed by atoms with E-state index in [2.05, 4.69) is 5.32 Å². The van der Waals surface area contributed by atoms with Crippen molar-refractivity contribution in [1.29, 1.82) is 0 Å². The van der Waals surface area contributed by atoms with E-state index < -0.39 is 0 Å². The highest BCUT2D eigenvalue weighted by Gasteiger charge is 2.08. The predicted molar refractivity (Wildman–Crippen MR) is 82.1 cm³/mol. The summed E-state index contributed by atoms with van der Waals surface area (Å²) < 4.78 is 0. The average molecular weight is 265 g/mol. The van der Waals surface area contributed by atoms with Gasteiger partial charge in [0.15, 0.2) is 5.78 Å². The third kappa shape index (κ3) is 3.20. The number of anilines is 1. The normalized spacial score (nSPS) is 10.4. The smallest absolute Gasteiger partial charge is 0.212 e. The molecular weight excluding hydrogens is 250 g/mol. The Balaban J connectivity index is 2.34. The maximum absolute atomic E-state index is 12.1. The molecule has 0 unspecified atom stereocenters. The van der Waals surface area contributed by atoms with E-state index in [1.54, 1.807) is 37.4 Å². The first kappa shape index (κ1) is 13.7. The molecule has 2 aromatic rings. The fraction of sp³-hybridized carbons (Fsp3) is 0.0588. The van der Waals surface area contributed by atoms with Crippen molar-refractivity contribution < 1.29 is 4.79 Å². The summed E-state index contributed by atoms with van der Waals surface area (Å²) in [5.41, 5.74) is 1.20. The molecule has 0 saturated carbocycles. The van der Waals surface area contributed by atoms with Gasteiger partial charge in [0, 0.05) is 7.05 Å². The first-order valence-corrected chi connectivity index (χ1v) is 6.31. The summed E-state index contributed by atoms with van der Waals surface area (Å²) in [5.74, 6) is -0.299. The van der Waals surface area contributed by atoms with E-state index in [1.807, 2.05) is 30.3 Å². The van der Waals surface area contributed by atoms with Gasteiger partial charge in [0.05, 0.1) is 11.3 Å². The Morgan fingerprint density at radius 1 is 1.00 bits per heavy atom. The SMILES string of the molecule is CNc1ccccc(C(=O)/C=C/c2ccccc2)c1=O. The Morgan fingerprint density at radius 2 is 1.65 bits per heavy atom. The lowest BCUT2D eigenvalue weighted by Crippen LogP contribution is -2.14. The predicted octanol–water partition coefficient (Wildman–Crippen LogP) is 2.98. The highest BCUT2D eigenvalue weighted by Crippen LogP contribution is 2.05. The Bertz CT molecular complexity index is 691. The van der Waals surface area contributed by atoms with Crippen LogP contribution in [0.1, 0.15) is 15.9 Å². The van der Waals surface area contributed by atoms with E-state index in [9.17, 15) is 9.59 Å². The van der Waals surface area contributed by atoms with Crippen LogP contribution in [-0.2, 0) is 0 Å². The Morgan fingerprint density at radius 3 is 2.35 bits per heavy atom. The fourth-order valence-corrected chi connectivity index (χ4v) is 1.82. The van der Waals surface area contributed by atoms with Gasteiger partial charge in [-0.1, -0.05) is 48.5 Å². The van der Waals surface area contributed by atoms with Crippen molar-refractivity contribution >= 4 is 17.5 Å². The Kier molecular flexibility index (Phi) is 4.45. The summed E-state index contributed by atoms with van der Waals surface area (Å²) in [6.07, 6.45) is 3.12. The van der Waals surface area contributed by atoms with Crippen molar-refractivity contribution in [3.05, 3.63) is 82.0 Å². The van der Waals surface area contributed by atoms with Crippen LogP contribution in [0.3, 0.4) is 0 Å². The summed E-state index contributed by atoms with van der Waals surface area (Å²) in [6, 6.07) is 16.1. The van der Waals surface area contributed by atoms with Crippen molar-refractivity contribution in [2.24, 2.45) is 0 Å². The molecule has 0 bridgehead atoms. The van der Waals surface area contributed by atoms with Crippen LogP contribution in [0.5, 0.6) is 0 Å². The van der Waals surface area contributed by atoms with Crippen molar-refractivity contribution in [2.45, 2.75) is 0 Å². The lowest BCUT2D eigenvalue weighted by atomic mass is 10.1. The van der Waals surface area contributed by atoms with Crippen LogP contribution in [0.25, 0.3) is 6.08 Å². The number of hydrogen-bond acceptors (Lipinski definition) is 3. The highest BCUT2D eigenvalue weighted by molar-refractivity contribution is 6.07. The summed E-state index contributed by atoms with van der Waals surface area (Å²) in [7, 11) is 1.66. The molecule has 2 aromatic carbocycles. The molecule has 0 aromatic heterocycles. The average Bonchev–Trinajstić information content (AvgIpc) is 2.67. The Hall–Kier alpha value is -2.68.